The van der Waals surface area contributed by atoms with Gasteiger partial charge in [0.25, 0.3) is 0 Å². The molecule has 100 valence electrons. The molecule has 0 bridgehead atoms. The maximum atomic E-state index is 5.58. The lowest BCUT2D eigenvalue weighted by atomic mass is 10.2. The number of ether oxygens (including phenoxy) is 2. The third-order valence-electron chi connectivity index (χ3n) is 2.61. The number of hydrogen-bond acceptors (Lipinski definition) is 6. The molecule has 0 radical (unpaired) electrons. The van der Waals surface area contributed by atoms with Crippen LogP contribution in [0.25, 0.3) is 0 Å². The molecule has 1 heterocycles. The van der Waals surface area contributed by atoms with Crippen molar-refractivity contribution in [2.75, 3.05) is 25.3 Å². The van der Waals surface area contributed by atoms with Gasteiger partial charge in [0, 0.05) is 12.6 Å². The third kappa shape index (κ3) is 3.25. The Morgan fingerprint density at radius 3 is 2.58 bits per heavy atom. The van der Waals surface area contributed by atoms with Gasteiger partial charge in [-0.3, -0.25) is 0 Å². The second kappa shape index (κ2) is 5.90. The topological polar surface area (TPSA) is 82.3 Å². The SMILES string of the molecule is COc1ccc(CNc2cc(N)ncn2)cc1OC. The van der Waals surface area contributed by atoms with E-state index in [1.165, 1.54) is 6.33 Å². The first-order chi connectivity index (χ1) is 9.22. The Balaban J connectivity index is 2.07. The third-order valence-corrected chi connectivity index (χ3v) is 2.61. The highest BCUT2D eigenvalue weighted by molar-refractivity contribution is 5.46. The zero-order valence-corrected chi connectivity index (χ0v) is 10.9. The van der Waals surface area contributed by atoms with Crippen LogP contribution in [0.1, 0.15) is 5.56 Å². The standard InChI is InChI=1S/C13H16N4O2/c1-18-10-4-3-9(5-11(10)19-2)7-15-13-6-12(14)16-8-17-13/h3-6,8H,7H2,1-2H3,(H3,14,15,16,17). The lowest BCUT2D eigenvalue weighted by molar-refractivity contribution is 0.354. The number of anilines is 2. The van der Waals surface area contributed by atoms with Gasteiger partial charge in [-0.15, -0.1) is 0 Å². The molecule has 0 aliphatic heterocycles. The Bertz CT molecular complexity index is 560. The van der Waals surface area contributed by atoms with Crippen LogP contribution in [0.5, 0.6) is 11.5 Å². The molecule has 0 aliphatic carbocycles. The van der Waals surface area contributed by atoms with Gasteiger partial charge in [0.05, 0.1) is 14.2 Å². The van der Waals surface area contributed by atoms with Crippen LogP contribution in [0.3, 0.4) is 0 Å². The van der Waals surface area contributed by atoms with Gasteiger partial charge >= 0.3 is 0 Å². The highest BCUT2D eigenvalue weighted by Gasteiger charge is 2.04. The molecule has 0 amide bonds. The van der Waals surface area contributed by atoms with E-state index < -0.39 is 0 Å². The maximum absolute atomic E-state index is 5.58. The summed E-state index contributed by atoms with van der Waals surface area (Å²) in [5, 5.41) is 3.16. The molecule has 0 saturated carbocycles. The van der Waals surface area contributed by atoms with Crippen LogP contribution in [0, 0.1) is 0 Å². The monoisotopic (exact) mass is 260 g/mol. The molecule has 0 atom stereocenters. The molecule has 1 aromatic carbocycles. The Labute approximate surface area is 111 Å². The van der Waals surface area contributed by atoms with Crippen LogP contribution >= 0.6 is 0 Å². The summed E-state index contributed by atoms with van der Waals surface area (Å²) >= 11 is 0. The first-order valence-electron chi connectivity index (χ1n) is 5.75. The molecule has 2 rings (SSSR count). The van der Waals surface area contributed by atoms with Gasteiger partial charge in [0.1, 0.15) is 18.0 Å². The fourth-order valence-electron chi connectivity index (χ4n) is 1.65. The van der Waals surface area contributed by atoms with Crippen molar-refractivity contribution in [3.05, 3.63) is 36.2 Å². The molecular weight excluding hydrogens is 244 g/mol. The number of nitrogen functional groups attached to an aromatic ring is 1. The number of aromatic nitrogens is 2. The molecule has 0 aliphatic rings. The second-order valence-electron chi connectivity index (χ2n) is 3.87. The summed E-state index contributed by atoms with van der Waals surface area (Å²) in [6.45, 7) is 0.608. The van der Waals surface area contributed by atoms with Gasteiger partial charge in [0.2, 0.25) is 0 Å². The fourth-order valence-corrected chi connectivity index (χ4v) is 1.65. The normalized spacial score (nSPS) is 10.0. The highest BCUT2D eigenvalue weighted by atomic mass is 16.5. The molecule has 0 saturated heterocycles. The molecule has 0 spiro atoms. The molecular formula is C13H16N4O2. The highest BCUT2D eigenvalue weighted by Crippen LogP contribution is 2.27. The summed E-state index contributed by atoms with van der Waals surface area (Å²) in [6, 6.07) is 7.42. The van der Waals surface area contributed by atoms with E-state index in [4.69, 9.17) is 15.2 Å². The van der Waals surface area contributed by atoms with E-state index in [2.05, 4.69) is 15.3 Å². The van der Waals surface area contributed by atoms with Crippen molar-refractivity contribution in [3.63, 3.8) is 0 Å². The van der Waals surface area contributed by atoms with Crippen LogP contribution < -0.4 is 20.5 Å². The van der Waals surface area contributed by atoms with Crippen LogP contribution in [-0.4, -0.2) is 24.2 Å². The maximum Gasteiger partial charge on any atom is 0.161 e. The molecule has 1 aromatic heterocycles. The van der Waals surface area contributed by atoms with E-state index >= 15 is 0 Å². The van der Waals surface area contributed by atoms with Crippen molar-refractivity contribution in [3.8, 4) is 11.5 Å². The minimum Gasteiger partial charge on any atom is -0.493 e. The van der Waals surface area contributed by atoms with Crippen molar-refractivity contribution >= 4 is 11.6 Å². The van der Waals surface area contributed by atoms with Gasteiger partial charge in [-0.2, -0.15) is 0 Å². The van der Waals surface area contributed by atoms with E-state index in [0.717, 1.165) is 5.56 Å². The Morgan fingerprint density at radius 1 is 1.11 bits per heavy atom. The van der Waals surface area contributed by atoms with Gasteiger partial charge in [-0.05, 0) is 17.7 Å². The van der Waals surface area contributed by atoms with Gasteiger partial charge < -0.3 is 20.5 Å². The summed E-state index contributed by atoms with van der Waals surface area (Å²) < 4.78 is 10.4. The van der Waals surface area contributed by atoms with Crippen molar-refractivity contribution in [2.24, 2.45) is 0 Å². The quantitative estimate of drug-likeness (QED) is 0.851. The van der Waals surface area contributed by atoms with Gasteiger partial charge in [-0.1, -0.05) is 6.07 Å². The number of benzene rings is 1. The molecule has 19 heavy (non-hydrogen) atoms. The summed E-state index contributed by atoms with van der Waals surface area (Å²) in [4.78, 5) is 7.91. The van der Waals surface area contributed by atoms with E-state index in [0.29, 0.717) is 29.7 Å². The molecule has 2 aromatic rings. The number of nitrogens with zero attached hydrogens (tertiary/aromatic N) is 2. The first kappa shape index (κ1) is 12.9. The van der Waals surface area contributed by atoms with Crippen molar-refractivity contribution in [2.45, 2.75) is 6.54 Å². The van der Waals surface area contributed by atoms with Crippen molar-refractivity contribution in [1.29, 1.82) is 0 Å². The summed E-state index contributed by atoms with van der Waals surface area (Å²) in [7, 11) is 3.22. The second-order valence-corrected chi connectivity index (χ2v) is 3.87. The Kier molecular flexibility index (Phi) is 4.02. The van der Waals surface area contributed by atoms with Crippen LogP contribution in [-0.2, 0) is 6.54 Å². The average Bonchev–Trinajstić information content (AvgIpc) is 2.45. The predicted octanol–water partition coefficient (Wildman–Crippen LogP) is 1.69. The van der Waals surface area contributed by atoms with Crippen LogP contribution in [0.15, 0.2) is 30.6 Å². The molecule has 6 heteroatoms. The van der Waals surface area contributed by atoms with E-state index in [-0.39, 0.29) is 0 Å². The largest absolute Gasteiger partial charge is 0.493 e. The molecule has 0 fully saturated rings. The summed E-state index contributed by atoms with van der Waals surface area (Å²) in [5.41, 5.74) is 6.63. The van der Waals surface area contributed by atoms with E-state index in [9.17, 15) is 0 Å². The molecule has 6 nitrogen and oxygen atoms in total. The minimum atomic E-state index is 0.435. The average molecular weight is 260 g/mol. The summed E-state index contributed by atoms with van der Waals surface area (Å²) in [6.07, 6.45) is 1.42. The predicted molar refractivity (Wildman–Crippen MR) is 73.3 cm³/mol. The van der Waals surface area contributed by atoms with E-state index in [1.807, 2.05) is 18.2 Å². The fraction of sp³-hybridized carbons (Fsp3) is 0.231. The number of methoxy groups -OCH3 is 2. The lowest BCUT2D eigenvalue weighted by Crippen LogP contribution is -2.03. The zero-order chi connectivity index (χ0) is 13.7. The molecule has 0 unspecified atom stereocenters. The van der Waals surface area contributed by atoms with Gasteiger partial charge in [-0.25, -0.2) is 9.97 Å². The van der Waals surface area contributed by atoms with E-state index in [1.54, 1.807) is 20.3 Å². The smallest absolute Gasteiger partial charge is 0.161 e. The zero-order valence-electron chi connectivity index (χ0n) is 10.9. The first-order valence-corrected chi connectivity index (χ1v) is 5.75. The number of rotatable bonds is 5. The van der Waals surface area contributed by atoms with Crippen LogP contribution in [0.2, 0.25) is 0 Å². The number of nitrogens with one attached hydrogen (secondary N) is 1. The van der Waals surface area contributed by atoms with Gasteiger partial charge in [0.15, 0.2) is 11.5 Å². The number of hydrogen-bond donors (Lipinski definition) is 2. The summed E-state index contributed by atoms with van der Waals surface area (Å²) in [5.74, 6) is 2.52. The molecule has 3 N–H and O–H groups in total. The van der Waals surface area contributed by atoms with Crippen LogP contribution in [0.4, 0.5) is 11.6 Å². The van der Waals surface area contributed by atoms with Crippen molar-refractivity contribution in [1.82, 2.24) is 9.97 Å². The number of nitrogens with two attached hydrogens (primary N) is 1. The van der Waals surface area contributed by atoms with Crippen molar-refractivity contribution < 1.29 is 9.47 Å². The minimum absolute atomic E-state index is 0.435. The lowest BCUT2D eigenvalue weighted by Gasteiger charge is -2.10. The Morgan fingerprint density at radius 2 is 1.89 bits per heavy atom. The Hall–Kier alpha value is -2.50.